The van der Waals surface area contributed by atoms with Gasteiger partial charge in [0, 0.05) is 24.2 Å². The van der Waals surface area contributed by atoms with Crippen LogP contribution in [0.3, 0.4) is 0 Å². The fraction of sp³-hybridized carbons (Fsp3) is 0.125. The van der Waals surface area contributed by atoms with Gasteiger partial charge in [0.2, 0.25) is 0 Å². The van der Waals surface area contributed by atoms with Crippen molar-refractivity contribution in [2.45, 2.75) is 6.04 Å². The largest absolute Gasteiger partial charge is 0.493 e. The molecule has 1 aliphatic rings. The van der Waals surface area contributed by atoms with Crippen LogP contribution in [0.2, 0.25) is 0 Å². The predicted octanol–water partition coefficient (Wildman–Crippen LogP) is 3.70. The molecule has 0 unspecified atom stereocenters. The lowest BCUT2D eigenvalue weighted by molar-refractivity contribution is 0.0992. The summed E-state index contributed by atoms with van der Waals surface area (Å²) in [4.78, 5) is 32.7. The lowest BCUT2D eigenvalue weighted by Crippen LogP contribution is -2.29. The quantitative estimate of drug-likeness (QED) is 0.481. The van der Waals surface area contributed by atoms with Gasteiger partial charge in [0.1, 0.15) is 5.82 Å². The maximum atomic E-state index is 13.6. The minimum absolute atomic E-state index is 0.187. The first-order chi connectivity index (χ1) is 15.7. The van der Waals surface area contributed by atoms with Crippen LogP contribution in [0.4, 0.5) is 5.82 Å². The number of methoxy groups -OCH3 is 2. The number of nitrogens with zero attached hydrogens (tertiary/aromatic N) is 5. The Kier molecular flexibility index (Phi) is 4.95. The fourth-order valence-electron chi connectivity index (χ4n) is 3.90. The second-order valence-corrected chi connectivity index (χ2v) is 7.09. The number of ether oxygens (including phenoxy) is 2. The number of carbonyl (C=O) groups is 1. The van der Waals surface area contributed by atoms with Gasteiger partial charge in [0.05, 0.1) is 20.3 Å². The molecule has 0 fully saturated rings. The van der Waals surface area contributed by atoms with Crippen LogP contribution in [-0.4, -0.2) is 40.1 Å². The molecule has 0 radical (unpaired) electrons. The van der Waals surface area contributed by atoms with E-state index < -0.39 is 6.04 Å². The summed E-state index contributed by atoms with van der Waals surface area (Å²) in [6.07, 6.45) is 4.86. The van der Waals surface area contributed by atoms with E-state index in [-0.39, 0.29) is 5.91 Å². The summed E-state index contributed by atoms with van der Waals surface area (Å²) in [5, 5.41) is 0. The highest BCUT2D eigenvalue weighted by Crippen LogP contribution is 2.45. The third-order valence-electron chi connectivity index (χ3n) is 5.33. The van der Waals surface area contributed by atoms with Gasteiger partial charge in [-0.15, -0.1) is 0 Å². The van der Waals surface area contributed by atoms with Gasteiger partial charge in [0.25, 0.3) is 5.91 Å². The number of rotatable bonds is 5. The molecule has 8 nitrogen and oxygen atoms in total. The van der Waals surface area contributed by atoms with E-state index in [1.165, 1.54) is 0 Å². The first kappa shape index (κ1) is 19.6. The molecule has 158 valence electrons. The molecule has 1 atom stereocenters. The molecule has 1 aliphatic heterocycles. The van der Waals surface area contributed by atoms with Crippen molar-refractivity contribution in [1.82, 2.24) is 19.9 Å². The Labute approximate surface area is 184 Å². The van der Waals surface area contributed by atoms with Crippen LogP contribution < -0.4 is 14.4 Å². The van der Waals surface area contributed by atoms with Gasteiger partial charge in [-0.25, -0.2) is 19.9 Å². The van der Waals surface area contributed by atoms with Crippen molar-refractivity contribution in [3.63, 3.8) is 0 Å². The van der Waals surface area contributed by atoms with Crippen LogP contribution in [0.1, 0.15) is 27.5 Å². The molecular formula is C24H19N5O3. The molecule has 2 aromatic heterocycles. The van der Waals surface area contributed by atoms with E-state index in [1.54, 1.807) is 55.9 Å². The number of hydrogen-bond donors (Lipinski definition) is 0. The van der Waals surface area contributed by atoms with E-state index in [1.807, 2.05) is 36.4 Å². The summed E-state index contributed by atoms with van der Waals surface area (Å²) < 4.78 is 10.9. The monoisotopic (exact) mass is 425 g/mol. The number of benzene rings is 2. The van der Waals surface area contributed by atoms with E-state index in [2.05, 4.69) is 19.9 Å². The molecule has 0 aliphatic carbocycles. The highest BCUT2D eigenvalue weighted by Gasteiger charge is 2.40. The van der Waals surface area contributed by atoms with Gasteiger partial charge < -0.3 is 9.47 Å². The third-order valence-corrected chi connectivity index (χ3v) is 5.33. The van der Waals surface area contributed by atoms with Crippen LogP contribution in [0.25, 0.3) is 11.6 Å². The summed E-state index contributed by atoms with van der Waals surface area (Å²) in [5.41, 5.74) is 2.30. The molecule has 0 spiro atoms. The van der Waals surface area contributed by atoms with Gasteiger partial charge in [-0.2, -0.15) is 0 Å². The number of amides is 1. The molecule has 0 saturated heterocycles. The number of fused-ring (bicyclic) bond motifs is 1. The standard InChI is InChI=1S/C24H19N5O3/c1-31-18-13-16-17(14-19(18)32-2)24(30)29(21(16)15-7-4-3-5-8-15)20-9-12-27-23(28-20)22-25-10-6-11-26-22/h3-14,21H,1-2H3/t21-/m0/s1. The smallest absolute Gasteiger partial charge is 0.260 e. The highest BCUT2D eigenvalue weighted by molar-refractivity contribution is 6.11. The number of carbonyl (C=O) groups excluding carboxylic acids is 1. The molecule has 0 N–H and O–H groups in total. The van der Waals surface area contributed by atoms with Crippen LogP contribution in [0, 0.1) is 0 Å². The summed E-state index contributed by atoms with van der Waals surface area (Å²) in [6.45, 7) is 0. The van der Waals surface area contributed by atoms with E-state index >= 15 is 0 Å². The van der Waals surface area contributed by atoms with E-state index in [4.69, 9.17) is 9.47 Å². The zero-order valence-corrected chi connectivity index (χ0v) is 17.5. The van der Waals surface area contributed by atoms with Crippen molar-refractivity contribution in [1.29, 1.82) is 0 Å². The summed E-state index contributed by atoms with van der Waals surface area (Å²) in [6, 6.07) is 16.4. The normalized spacial score (nSPS) is 14.9. The van der Waals surface area contributed by atoms with Crippen molar-refractivity contribution in [2.24, 2.45) is 0 Å². The Morgan fingerprint density at radius 3 is 2.22 bits per heavy atom. The summed E-state index contributed by atoms with van der Waals surface area (Å²) >= 11 is 0. The molecule has 1 amide bonds. The molecule has 5 rings (SSSR count). The van der Waals surface area contributed by atoms with Gasteiger partial charge in [-0.05, 0) is 35.4 Å². The van der Waals surface area contributed by atoms with Crippen LogP contribution in [0.15, 0.2) is 73.2 Å². The average Bonchev–Trinajstić information content (AvgIpc) is 3.15. The van der Waals surface area contributed by atoms with Gasteiger partial charge in [-0.3, -0.25) is 9.69 Å². The molecular weight excluding hydrogens is 406 g/mol. The molecule has 0 bridgehead atoms. The van der Waals surface area contributed by atoms with Crippen LogP contribution in [0.5, 0.6) is 11.5 Å². The zero-order chi connectivity index (χ0) is 22.1. The van der Waals surface area contributed by atoms with Crippen molar-refractivity contribution >= 4 is 11.7 Å². The van der Waals surface area contributed by atoms with E-state index in [0.717, 1.165) is 11.1 Å². The summed E-state index contributed by atoms with van der Waals surface area (Å²) in [5.74, 6) is 2.05. The Balaban J connectivity index is 1.68. The SMILES string of the molecule is COc1cc2c(cc1OC)[C@H](c1ccccc1)N(c1ccnc(-c3ncccn3)n1)C2=O. The molecule has 4 aromatic rings. The van der Waals surface area contributed by atoms with Crippen molar-refractivity contribution in [3.8, 4) is 23.1 Å². The lowest BCUT2D eigenvalue weighted by atomic mass is 9.97. The number of anilines is 1. The molecule has 3 heterocycles. The maximum absolute atomic E-state index is 13.6. The van der Waals surface area contributed by atoms with E-state index in [0.29, 0.717) is 34.5 Å². The number of hydrogen-bond acceptors (Lipinski definition) is 7. The Hall–Kier alpha value is -4.33. The van der Waals surface area contributed by atoms with Crippen LogP contribution in [-0.2, 0) is 0 Å². The first-order valence-electron chi connectivity index (χ1n) is 9.96. The minimum atomic E-state index is -0.391. The molecule has 2 aromatic carbocycles. The molecule has 32 heavy (non-hydrogen) atoms. The number of aromatic nitrogens is 4. The van der Waals surface area contributed by atoms with Gasteiger partial charge in [-0.1, -0.05) is 30.3 Å². The van der Waals surface area contributed by atoms with Crippen molar-refractivity contribution in [2.75, 3.05) is 19.1 Å². The minimum Gasteiger partial charge on any atom is -0.493 e. The van der Waals surface area contributed by atoms with Gasteiger partial charge in [0.15, 0.2) is 23.1 Å². The summed E-state index contributed by atoms with van der Waals surface area (Å²) in [7, 11) is 3.12. The van der Waals surface area contributed by atoms with Crippen LogP contribution >= 0.6 is 0 Å². The Bertz CT molecular complexity index is 1280. The highest BCUT2D eigenvalue weighted by atomic mass is 16.5. The molecule has 0 saturated carbocycles. The van der Waals surface area contributed by atoms with Crippen molar-refractivity contribution < 1.29 is 14.3 Å². The zero-order valence-electron chi connectivity index (χ0n) is 17.5. The second kappa shape index (κ2) is 8.07. The first-order valence-corrected chi connectivity index (χ1v) is 9.96. The average molecular weight is 425 g/mol. The van der Waals surface area contributed by atoms with Gasteiger partial charge >= 0.3 is 0 Å². The Morgan fingerprint density at radius 2 is 1.50 bits per heavy atom. The second-order valence-electron chi connectivity index (χ2n) is 7.09. The predicted molar refractivity (Wildman–Crippen MR) is 118 cm³/mol. The third kappa shape index (κ3) is 3.22. The van der Waals surface area contributed by atoms with E-state index in [9.17, 15) is 4.79 Å². The van der Waals surface area contributed by atoms with Crippen molar-refractivity contribution in [3.05, 3.63) is 89.9 Å². The maximum Gasteiger partial charge on any atom is 0.260 e. The Morgan fingerprint density at radius 1 is 0.812 bits per heavy atom. The lowest BCUT2D eigenvalue weighted by Gasteiger charge is -2.25. The fourth-order valence-corrected chi connectivity index (χ4v) is 3.90. The topological polar surface area (TPSA) is 90.3 Å². The molecule has 8 heteroatoms.